The normalized spacial score (nSPS) is 16.0. The van der Waals surface area contributed by atoms with Crippen LogP contribution in [0.1, 0.15) is 18.4 Å². The van der Waals surface area contributed by atoms with E-state index in [1.54, 1.807) is 0 Å². The number of nitrogens with zero attached hydrogens (tertiary/aromatic N) is 4. The monoisotopic (exact) mass is 264 g/mol. The molecule has 1 aliphatic rings. The number of carboxylic acid groups (broad SMARTS) is 1. The van der Waals surface area contributed by atoms with E-state index in [2.05, 4.69) is 20.7 Å². The van der Waals surface area contributed by atoms with Gasteiger partial charge < -0.3 is 5.11 Å². The zero-order valence-corrected chi connectivity index (χ0v) is 10.4. The van der Waals surface area contributed by atoms with Gasteiger partial charge in [-0.1, -0.05) is 30.3 Å². The molecule has 0 fully saturated rings. The molecule has 94 valence electrons. The molecule has 0 unspecified atom stereocenters. The van der Waals surface area contributed by atoms with Crippen molar-refractivity contribution in [3.05, 3.63) is 35.9 Å². The second kappa shape index (κ2) is 5.72. The molecule has 7 heteroatoms. The fraction of sp³-hybridized carbons (Fsp3) is 0.364. The van der Waals surface area contributed by atoms with Crippen LogP contribution in [0, 0.1) is 0 Å². The van der Waals surface area contributed by atoms with E-state index in [-0.39, 0.29) is 6.42 Å². The van der Waals surface area contributed by atoms with Crippen LogP contribution in [0.15, 0.2) is 51.0 Å². The third-order valence-electron chi connectivity index (χ3n) is 2.39. The Labute approximate surface area is 108 Å². The van der Waals surface area contributed by atoms with Crippen LogP contribution in [-0.2, 0) is 9.79 Å². The van der Waals surface area contributed by atoms with Gasteiger partial charge in [-0.15, -0.1) is 22.0 Å². The third-order valence-corrected chi connectivity index (χ3v) is 3.68. The van der Waals surface area contributed by atoms with Gasteiger partial charge in [-0.3, -0.25) is 4.79 Å². The largest absolute Gasteiger partial charge is 0.481 e. The SMILES string of the molecule is O=C(O)CCCSC1(c2ccccc2)N=NN=N1. The van der Waals surface area contributed by atoms with Crippen molar-refractivity contribution in [1.82, 2.24) is 0 Å². The number of hydrogen-bond donors (Lipinski definition) is 1. The van der Waals surface area contributed by atoms with E-state index < -0.39 is 11.0 Å². The van der Waals surface area contributed by atoms with E-state index >= 15 is 0 Å². The van der Waals surface area contributed by atoms with Crippen molar-refractivity contribution in [2.75, 3.05) is 5.75 Å². The van der Waals surface area contributed by atoms with Crippen LogP contribution in [-0.4, -0.2) is 16.8 Å². The highest BCUT2D eigenvalue weighted by atomic mass is 32.2. The lowest BCUT2D eigenvalue weighted by Gasteiger charge is -2.19. The predicted octanol–water partition coefficient (Wildman–Crippen LogP) is 3.23. The van der Waals surface area contributed by atoms with Gasteiger partial charge in [0.25, 0.3) is 4.99 Å². The minimum absolute atomic E-state index is 0.145. The summed E-state index contributed by atoms with van der Waals surface area (Å²) in [6.45, 7) is 0. The number of aliphatic carboxylic acids is 1. The van der Waals surface area contributed by atoms with Crippen molar-refractivity contribution in [2.45, 2.75) is 17.8 Å². The van der Waals surface area contributed by atoms with Gasteiger partial charge in [0.15, 0.2) is 0 Å². The number of carboxylic acids is 1. The Hall–Kier alpha value is -1.76. The quantitative estimate of drug-likeness (QED) is 0.800. The summed E-state index contributed by atoms with van der Waals surface area (Å²) in [5, 5.41) is 23.9. The van der Waals surface area contributed by atoms with E-state index in [4.69, 9.17) is 5.11 Å². The van der Waals surface area contributed by atoms with Crippen molar-refractivity contribution in [1.29, 1.82) is 0 Å². The number of hydrogen-bond acceptors (Lipinski definition) is 6. The molecular weight excluding hydrogens is 252 g/mol. The average molecular weight is 264 g/mol. The number of thioether (sulfide) groups is 1. The van der Waals surface area contributed by atoms with E-state index in [0.717, 1.165) is 5.56 Å². The highest BCUT2D eigenvalue weighted by molar-refractivity contribution is 8.00. The molecule has 0 saturated carbocycles. The fourth-order valence-electron chi connectivity index (χ4n) is 1.53. The van der Waals surface area contributed by atoms with E-state index in [0.29, 0.717) is 12.2 Å². The number of rotatable bonds is 6. The third kappa shape index (κ3) is 2.92. The molecule has 2 rings (SSSR count). The lowest BCUT2D eigenvalue weighted by Crippen LogP contribution is -2.14. The van der Waals surface area contributed by atoms with Gasteiger partial charge in [-0.05, 0) is 22.6 Å². The molecule has 0 spiro atoms. The Morgan fingerprint density at radius 2 is 1.89 bits per heavy atom. The molecule has 1 aromatic carbocycles. The molecule has 0 atom stereocenters. The molecule has 0 bridgehead atoms. The maximum Gasteiger partial charge on any atom is 0.303 e. The molecular formula is C11H12N4O2S. The molecule has 18 heavy (non-hydrogen) atoms. The lowest BCUT2D eigenvalue weighted by molar-refractivity contribution is -0.137. The maximum absolute atomic E-state index is 10.5. The Morgan fingerprint density at radius 1 is 1.22 bits per heavy atom. The Kier molecular flexibility index (Phi) is 4.03. The van der Waals surface area contributed by atoms with Gasteiger partial charge in [-0.2, -0.15) is 0 Å². The topological polar surface area (TPSA) is 86.7 Å². The zero-order chi connectivity index (χ0) is 12.8. The van der Waals surface area contributed by atoms with E-state index in [9.17, 15) is 4.79 Å². The molecule has 0 radical (unpaired) electrons. The first-order chi connectivity index (χ1) is 8.73. The average Bonchev–Trinajstić information content (AvgIpc) is 2.86. The molecule has 1 aromatic rings. The molecule has 1 N–H and O–H groups in total. The van der Waals surface area contributed by atoms with Crippen LogP contribution in [0.2, 0.25) is 0 Å². The van der Waals surface area contributed by atoms with Crippen LogP contribution in [0.25, 0.3) is 0 Å². The van der Waals surface area contributed by atoms with Gasteiger partial charge in [0.1, 0.15) is 0 Å². The smallest absolute Gasteiger partial charge is 0.303 e. The number of benzene rings is 1. The van der Waals surface area contributed by atoms with Crippen molar-refractivity contribution in [2.24, 2.45) is 20.7 Å². The second-order valence-electron chi connectivity index (χ2n) is 3.70. The summed E-state index contributed by atoms with van der Waals surface area (Å²) >= 11 is 1.44. The van der Waals surface area contributed by atoms with Gasteiger partial charge in [-0.25, -0.2) is 0 Å². The summed E-state index contributed by atoms with van der Waals surface area (Å²) in [6.07, 6.45) is 0.714. The summed E-state index contributed by atoms with van der Waals surface area (Å²) in [5.74, 6) is -0.154. The Balaban J connectivity index is 2.03. The lowest BCUT2D eigenvalue weighted by atomic mass is 10.2. The number of carbonyl (C=O) groups is 1. The van der Waals surface area contributed by atoms with Crippen LogP contribution in [0.5, 0.6) is 0 Å². The summed E-state index contributed by atoms with van der Waals surface area (Å²) in [7, 11) is 0. The fourth-order valence-corrected chi connectivity index (χ4v) is 2.60. The summed E-state index contributed by atoms with van der Waals surface area (Å²) in [4.78, 5) is 9.62. The zero-order valence-electron chi connectivity index (χ0n) is 9.56. The van der Waals surface area contributed by atoms with Gasteiger partial charge >= 0.3 is 5.97 Å². The molecule has 0 aliphatic carbocycles. The van der Waals surface area contributed by atoms with Gasteiger partial charge in [0.2, 0.25) is 0 Å². The van der Waals surface area contributed by atoms with Crippen molar-refractivity contribution >= 4 is 17.7 Å². The van der Waals surface area contributed by atoms with Crippen LogP contribution >= 0.6 is 11.8 Å². The first-order valence-corrected chi connectivity index (χ1v) is 6.47. The first-order valence-electron chi connectivity index (χ1n) is 5.48. The standard InChI is InChI=1S/C11H12N4O2S/c16-10(17)7-4-8-18-11(12-14-15-13-11)9-5-2-1-3-6-9/h1-3,5-6H,4,7-8H2,(H,16,17). The second-order valence-corrected chi connectivity index (χ2v) is 4.97. The van der Waals surface area contributed by atoms with Crippen molar-refractivity contribution in [3.8, 4) is 0 Å². The van der Waals surface area contributed by atoms with E-state index in [1.807, 2.05) is 30.3 Å². The van der Waals surface area contributed by atoms with Gasteiger partial charge in [0.05, 0.1) is 0 Å². The first kappa shape index (κ1) is 12.7. The molecule has 6 nitrogen and oxygen atoms in total. The molecule has 0 amide bonds. The minimum Gasteiger partial charge on any atom is -0.481 e. The van der Waals surface area contributed by atoms with Crippen molar-refractivity contribution < 1.29 is 9.90 Å². The summed E-state index contributed by atoms with van der Waals surface area (Å²) in [6, 6.07) is 9.53. The Morgan fingerprint density at radius 3 is 2.50 bits per heavy atom. The van der Waals surface area contributed by atoms with Crippen LogP contribution in [0.4, 0.5) is 0 Å². The van der Waals surface area contributed by atoms with E-state index in [1.165, 1.54) is 11.8 Å². The minimum atomic E-state index is -0.834. The maximum atomic E-state index is 10.5. The Bertz CT molecular complexity index is 463. The van der Waals surface area contributed by atoms with Gasteiger partial charge in [0, 0.05) is 12.0 Å². The molecule has 0 aromatic heterocycles. The molecule has 1 heterocycles. The molecule has 1 aliphatic heterocycles. The highest BCUT2D eigenvalue weighted by Crippen LogP contribution is 2.43. The summed E-state index contributed by atoms with van der Waals surface area (Å²) in [5.41, 5.74) is 0.898. The highest BCUT2D eigenvalue weighted by Gasteiger charge is 2.35. The van der Waals surface area contributed by atoms with Crippen molar-refractivity contribution in [3.63, 3.8) is 0 Å². The van der Waals surface area contributed by atoms with Crippen LogP contribution < -0.4 is 0 Å². The summed E-state index contributed by atoms with van der Waals surface area (Å²) < 4.78 is 0. The van der Waals surface area contributed by atoms with Crippen LogP contribution in [0.3, 0.4) is 0 Å². The molecule has 0 saturated heterocycles. The predicted molar refractivity (Wildman–Crippen MR) is 67.2 cm³/mol.